The zero-order valence-corrected chi connectivity index (χ0v) is 16.7. The van der Waals surface area contributed by atoms with Crippen LogP contribution in [-0.4, -0.2) is 35.8 Å². The predicted molar refractivity (Wildman–Crippen MR) is 102 cm³/mol. The summed E-state index contributed by atoms with van der Waals surface area (Å²) in [4.78, 5) is 26.4. The Morgan fingerprint density at radius 1 is 1.10 bits per heavy atom. The molecule has 0 aromatic heterocycles. The van der Waals surface area contributed by atoms with Gasteiger partial charge in [0.1, 0.15) is 5.82 Å². The first kappa shape index (κ1) is 21.3. The average Bonchev–Trinajstić information content (AvgIpc) is 2.67. The third-order valence-corrected chi connectivity index (χ3v) is 5.17. The van der Waals surface area contributed by atoms with E-state index in [9.17, 15) is 27.2 Å². The number of nitrogens with zero attached hydrogens (tertiary/aromatic N) is 1. The number of carbonyl (C=O) groups is 2. The van der Waals surface area contributed by atoms with Gasteiger partial charge in [-0.25, -0.2) is 4.39 Å². The highest BCUT2D eigenvalue weighted by atomic mass is 79.9. The van der Waals surface area contributed by atoms with Crippen LogP contribution in [0.5, 0.6) is 0 Å². The van der Waals surface area contributed by atoms with E-state index in [4.69, 9.17) is 0 Å². The maximum atomic E-state index is 14.1. The van der Waals surface area contributed by atoms with E-state index in [1.165, 1.54) is 17.0 Å². The minimum atomic E-state index is -4.47. The van der Waals surface area contributed by atoms with Crippen LogP contribution in [0, 0.1) is 5.82 Å². The van der Waals surface area contributed by atoms with E-state index >= 15 is 0 Å². The van der Waals surface area contributed by atoms with E-state index in [-0.39, 0.29) is 23.7 Å². The van der Waals surface area contributed by atoms with Crippen molar-refractivity contribution >= 4 is 27.7 Å². The number of likely N-dealkylation sites (tertiary alicyclic amines) is 1. The van der Waals surface area contributed by atoms with Crippen LogP contribution in [0.1, 0.15) is 39.1 Å². The summed E-state index contributed by atoms with van der Waals surface area (Å²) in [6.07, 6.45) is -3.25. The van der Waals surface area contributed by atoms with Gasteiger partial charge in [0.25, 0.3) is 11.8 Å². The molecule has 1 aliphatic heterocycles. The highest BCUT2D eigenvalue weighted by Crippen LogP contribution is 2.29. The zero-order valence-electron chi connectivity index (χ0n) is 15.1. The fraction of sp³-hybridized carbons (Fsp3) is 0.300. The summed E-state index contributed by atoms with van der Waals surface area (Å²) in [5, 5.41) is 2.74. The highest BCUT2D eigenvalue weighted by molar-refractivity contribution is 9.10. The third-order valence-electron chi connectivity index (χ3n) is 4.68. The molecule has 2 aromatic carbocycles. The van der Waals surface area contributed by atoms with Gasteiger partial charge in [-0.2, -0.15) is 13.2 Å². The SMILES string of the molecule is O=C(NC1CCCN(C(=O)c2ccc(Br)cc2F)C1)c1ccc(C(F)(F)F)cc1. The number of carbonyl (C=O) groups excluding carboxylic acids is 2. The molecule has 0 radical (unpaired) electrons. The summed E-state index contributed by atoms with van der Waals surface area (Å²) in [5.41, 5.74) is -0.789. The second-order valence-electron chi connectivity index (χ2n) is 6.76. The minimum absolute atomic E-state index is 0.0529. The Bertz CT molecular complexity index is 916. The molecule has 0 spiro atoms. The number of halogens is 5. The van der Waals surface area contributed by atoms with Crippen molar-refractivity contribution in [2.75, 3.05) is 13.1 Å². The van der Waals surface area contributed by atoms with Gasteiger partial charge >= 0.3 is 6.18 Å². The van der Waals surface area contributed by atoms with Crippen LogP contribution in [0.3, 0.4) is 0 Å². The fourth-order valence-electron chi connectivity index (χ4n) is 3.19. The molecular weight excluding hydrogens is 456 g/mol. The number of nitrogens with one attached hydrogen (secondary N) is 1. The smallest absolute Gasteiger partial charge is 0.348 e. The van der Waals surface area contributed by atoms with Crippen LogP contribution < -0.4 is 5.32 Å². The Kier molecular flexibility index (Phi) is 6.26. The van der Waals surface area contributed by atoms with Gasteiger partial charge in [-0.3, -0.25) is 9.59 Å². The molecule has 1 heterocycles. The molecule has 4 nitrogen and oxygen atoms in total. The van der Waals surface area contributed by atoms with Gasteiger partial charge in [0.05, 0.1) is 11.1 Å². The lowest BCUT2D eigenvalue weighted by atomic mass is 10.0. The van der Waals surface area contributed by atoms with Gasteiger partial charge in [-0.05, 0) is 55.3 Å². The first-order valence-electron chi connectivity index (χ1n) is 8.87. The van der Waals surface area contributed by atoms with Gasteiger partial charge in [-0.1, -0.05) is 15.9 Å². The lowest BCUT2D eigenvalue weighted by molar-refractivity contribution is -0.137. The molecule has 2 aromatic rings. The van der Waals surface area contributed by atoms with Crippen molar-refractivity contribution in [1.29, 1.82) is 0 Å². The average molecular weight is 473 g/mol. The lowest BCUT2D eigenvalue weighted by Gasteiger charge is -2.33. The summed E-state index contributed by atoms with van der Waals surface area (Å²) < 4.78 is 52.5. The van der Waals surface area contributed by atoms with Crippen molar-refractivity contribution in [3.8, 4) is 0 Å². The number of hydrogen-bond acceptors (Lipinski definition) is 2. The highest BCUT2D eigenvalue weighted by Gasteiger charge is 2.31. The van der Waals surface area contributed by atoms with E-state index < -0.39 is 29.4 Å². The van der Waals surface area contributed by atoms with Crippen LogP contribution in [0.25, 0.3) is 0 Å². The lowest BCUT2D eigenvalue weighted by Crippen LogP contribution is -2.49. The van der Waals surface area contributed by atoms with Gasteiger partial charge in [0.2, 0.25) is 0 Å². The molecular formula is C20H17BrF4N2O2. The Balaban J connectivity index is 1.65. The normalized spacial score (nSPS) is 17.1. The second kappa shape index (κ2) is 8.52. The van der Waals surface area contributed by atoms with Gasteiger partial charge in [0, 0.05) is 29.2 Å². The molecule has 3 rings (SSSR count). The number of alkyl halides is 3. The monoisotopic (exact) mass is 472 g/mol. The van der Waals surface area contributed by atoms with Crippen molar-refractivity contribution in [3.63, 3.8) is 0 Å². The zero-order chi connectivity index (χ0) is 21.2. The molecule has 1 fully saturated rings. The summed E-state index contributed by atoms with van der Waals surface area (Å²) >= 11 is 3.14. The summed E-state index contributed by atoms with van der Waals surface area (Å²) in [6.45, 7) is 0.627. The second-order valence-corrected chi connectivity index (χ2v) is 7.68. The minimum Gasteiger partial charge on any atom is -0.348 e. The molecule has 1 unspecified atom stereocenters. The van der Waals surface area contributed by atoms with Crippen LogP contribution in [0.4, 0.5) is 17.6 Å². The Hall–Kier alpha value is -2.42. The number of rotatable bonds is 3. The molecule has 0 aliphatic carbocycles. The van der Waals surface area contributed by atoms with Crippen molar-refractivity contribution < 1.29 is 27.2 Å². The van der Waals surface area contributed by atoms with Crippen molar-refractivity contribution in [1.82, 2.24) is 10.2 Å². The molecule has 154 valence electrons. The number of hydrogen-bond donors (Lipinski definition) is 1. The maximum Gasteiger partial charge on any atom is 0.416 e. The van der Waals surface area contributed by atoms with Crippen LogP contribution in [0.2, 0.25) is 0 Å². The first-order valence-corrected chi connectivity index (χ1v) is 9.67. The molecule has 1 aliphatic rings. The first-order chi connectivity index (χ1) is 13.6. The molecule has 0 bridgehead atoms. The topological polar surface area (TPSA) is 49.4 Å². The summed E-state index contributed by atoms with van der Waals surface area (Å²) in [6, 6.07) is 7.73. The Labute approximate surface area is 173 Å². The Morgan fingerprint density at radius 2 is 1.79 bits per heavy atom. The molecule has 1 saturated heterocycles. The molecule has 1 N–H and O–H groups in total. The van der Waals surface area contributed by atoms with Crippen LogP contribution in [0.15, 0.2) is 46.9 Å². The third kappa shape index (κ3) is 5.14. The van der Waals surface area contributed by atoms with Crippen molar-refractivity contribution in [2.24, 2.45) is 0 Å². The van der Waals surface area contributed by atoms with E-state index in [1.807, 2.05) is 0 Å². The summed E-state index contributed by atoms with van der Waals surface area (Å²) in [5.74, 6) is -1.63. The predicted octanol–water partition coefficient (Wildman–Crippen LogP) is 4.64. The number of piperidine rings is 1. The van der Waals surface area contributed by atoms with Gasteiger partial charge in [0.15, 0.2) is 0 Å². The van der Waals surface area contributed by atoms with Crippen LogP contribution >= 0.6 is 15.9 Å². The van der Waals surface area contributed by atoms with Crippen molar-refractivity contribution in [3.05, 3.63) is 69.4 Å². The van der Waals surface area contributed by atoms with Gasteiger partial charge in [-0.15, -0.1) is 0 Å². The standard InChI is InChI=1S/C20H17BrF4N2O2/c21-14-7-8-16(17(22)10-14)19(29)27-9-1-2-15(11-27)26-18(28)12-3-5-13(6-4-12)20(23,24)25/h3-8,10,15H,1-2,9,11H2,(H,26,28). The molecule has 9 heteroatoms. The molecule has 1 atom stereocenters. The molecule has 2 amide bonds. The number of amides is 2. The quantitative estimate of drug-likeness (QED) is 0.661. The summed E-state index contributed by atoms with van der Waals surface area (Å²) in [7, 11) is 0. The van der Waals surface area contributed by atoms with E-state index in [2.05, 4.69) is 21.2 Å². The van der Waals surface area contributed by atoms with Crippen molar-refractivity contribution in [2.45, 2.75) is 25.1 Å². The van der Waals surface area contributed by atoms with E-state index in [1.54, 1.807) is 6.07 Å². The van der Waals surface area contributed by atoms with Gasteiger partial charge < -0.3 is 10.2 Å². The molecule has 29 heavy (non-hydrogen) atoms. The largest absolute Gasteiger partial charge is 0.416 e. The molecule has 0 saturated carbocycles. The fourth-order valence-corrected chi connectivity index (χ4v) is 3.53. The Morgan fingerprint density at radius 3 is 2.41 bits per heavy atom. The van der Waals surface area contributed by atoms with E-state index in [0.29, 0.717) is 23.9 Å². The van der Waals surface area contributed by atoms with Crippen LogP contribution in [-0.2, 0) is 6.18 Å². The maximum absolute atomic E-state index is 14.1. The van der Waals surface area contributed by atoms with E-state index in [0.717, 1.165) is 24.3 Å². The number of benzene rings is 2.